The third-order valence-corrected chi connectivity index (χ3v) is 8.92. The van der Waals surface area contributed by atoms with Gasteiger partial charge in [-0.3, -0.25) is 9.59 Å². The molecule has 4 aromatic carbocycles. The SMILES string of the molecule is CC(C)CC(NC(=O)OCc1ccccc1)C(=O)N(CC(=O)CNS(=O)(=O)c1ccc2oc3ccccc3c2c1)Cc1ccccc1. The second-order valence-electron chi connectivity index (χ2n) is 11.7. The van der Waals surface area contributed by atoms with Gasteiger partial charge in [0.05, 0.1) is 18.0 Å². The van der Waals surface area contributed by atoms with Gasteiger partial charge in [0, 0.05) is 17.3 Å². The lowest BCUT2D eigenvalue weighted by atomic mass is 10.0. The van der Waals surface area contributed by atoms with Gasteiger partial charge in [-0.15, -0.1) is 0 Å². The monoisotopic (exact) mass is 655 g/mol. The van der Waals surface area contributed by atoms with E-state index < -0.39 is 40.4 Å². The van der Waals surface area contributed by atoms with E-state index in [2.05, 4.69) is 10.0 Å². The molecule has 0 saturated carbocycles. The van der Waals surface area contributed by atoms with E-state index in [9.17, 15) is 22.8 Å². The van der Waals surface area contributed by atoms with Crippen LogP contribution in [0.5, 0.6) is 0 Å². The molecule has 0 aliphatic rings. The number of benzene rings is 4. The van der Waals surface area contributed by atoms with Crippen molar-refractivity contribution in [2.45, 2.75) is 44.4 Å². The molecular formula is C36H37N3O7S. The number of sulfonamides is 1. The third-order valence-electron chi connectivity index (χ3n) is 7.52. The van der Waals surface area contributed by atoms with Gasteiger partial charge in [0.2, 0.25) is 15.9 Å². The van der Waals surface area contributed by atoms with E-state index >= 15 is 0 Å². The van der Waals surface area contributed by atoms with Crippen LogP contribution in [0.4, 0.5) is 4.79 Å². The van der Waals surface area contributed by atoms with Crippen LogP contribution in [0.1, 0.15) is 31.4 Å². The first-order valence-corrected chi connectivity index (χ1v) is 16.8. The molecule has 0 spiro atoms. The molecule has 1 unspecified atom stereocenters. The molecule has 0 radical (unpaired) electrons. The van der Waals surface area contributed by atoms with Gasteiger partial charge >= 0.3 is 6.09 Å². The molecular weight excluding hydrogens is 618 g/mol. The number of nitrogens with one attached hydrogen (secondary N) is 2. The second kappa shape index (κ2) is 15.1. The fourth-order valence-electron chi connectivity index (χ4n) is 5.24. The summed E-state index contributed by atoms with van der Waals surface area (Å²) in [6.07, 6.45) is -0.453. The van der Waals surface area contributed by atoms with Crippen molar-refractivity contribution >= 4 is 49.7 Å². The van der Waals surface area contributed by atoms with Gasteiger partial charge in [-0.2, -0.15) is 0 Å². The number of furan rings is 1. The van der Waals surface area contributed by atoms with Crippen LogP contribution in [-0.2, 0) is 37.5 Å². The molecule has 5 rings (SSSR count). The fourth-order valence-corrected chi connectivity index (χ4v) is 6.27. The minimum absolute atomic E-state index is 0.0169. The first-order valence-electron chi connectivity index (χ1n) is 15.3. The highest BCUT2D eigenvalue weighted by Crippen LogP contribution is 2.30. The average Bonchev–Trinajstić information content (AvgIpc) is 3.44. The standard InChI is InChI=1S/C36H37N3O7S/c1-25(2)19-32(38-36(42)45-24-27-13-7-4-8-14-27)35(41)39(22-26-11-5-3-6-12-26)23-28(40)21-37-47(43,44)29-17-18-34-31(20-29)30-15-9-10-16-33(30)46-34/h3-18,20,25,32,37H,19,21-24H2,1-2H3,(H,38,42). The number of fused-ring (bicyclic) bond motifs is 3. The molecule has 11 heteroatoms. The van der Waals surface area contributed by atoms with Gasteiger partial charge in [0.1, 0.15) is 23.8 Å². The van der Waals surface area contributed by atoms with Crippen LogP contribution in [0.2, 0.25) is 0 Å². The summed E-state index contributed by atoms with van der Waals surface area (Å²) in [7, 11) is -4.08. The molecule has 0 aliphatic heterocycles. The molecule has 0 saturated heterocycles. The Bertz CT molecular complexity index is 1960. The van der Waals surface area contributed by atoms with Crippen molar-refractivity contribution in [3.63, 3.8) is 0 Å². The van der Waals surface area contributed by atoms with E-state index in [4.69, 9.17) is 9.15 Å². The summed E-state index contributed by atoms with van der Waals surface area (Å²) in [4.78, 5) is 41.2. The molecule has 244 valence electrons. The highest BCUT2D eigenvalue weighted by atomic mass is 32.2. The summed E-state index contributed by atoms with van der Waals surface area (Å²) in [5, 5.41) is 4.09. The number of alkyl carbamates (subject to hydrolysis) is 1. The maximum Gasteiger partial charge on any atom is 0.408 e. The van der Waals surface area contributed by atoms with E-state index in [0.717, 1.165) is 16.5 Å². The number of para-hydroxylation sites is 1. The summed E-state index contributed by atoms with van der Waals surface area (Å²) < 4.78 is 40.0. The van der Waals surface area contributed by atoms with E-state index in [-0.39, 0.29) is 30.5 Å². The predicted octanol–water partition coefficient (Wildman–Crippen LogP) is 5.80. The first-order chi connectivity index (χ1) is 22.6. The second-order valence-corrected chi connectivity index (χ2v) is 13.5. The van der Waals surface area contributed by atoms with Crippen molar-refractivity contribution in [3.05, 3.63) is 114 Å². The first kappa shape index (κ1) is 33.4. The lowest BCUT2D eigenvalue weighted by molar-refractivity contribution is -0.137. The number of Topliss-reactive ketones (excluding diaryl/α,β-unsaturated/α-hetero) is 1. The molecule has 47 heavy (non-hydrogen) atoms. The number of amides is 2. The zero-order chi connectivity index (χ0) is 33.4. The summed E-state index contributed by atoms with van der Waals surface area (Å²) in [6.45, 7) is 3.04. The fraction of sp³-hybridized carbons (Fsp3) is 0.250. The van der Waals surface area contributed by atoms with Crippen molar-refractivity contribution in [2.24, 2.45) is 5.92 Å². The third kappa shape index (κ3) is 8.84. The average molecular weight is 656 g/mol. The minimum atomic E-state index is -4.08. The van der Waals surface area contributed by atoms with Gasteiger partial charge < -0.3 is 19.4 Å². The van der Waals surface area contributed by atoms with E-state index in [1.165, 1.54) is 17.0 Å². The molecule has 5 aromatic rings. The highest BCUT2D eigenvalue weighted by molar-refractivity contribution is 7.89. The molecule has 10 nitrogen and oxygen atoms in total. The summed E-state index contributed by atoms with van der Waals surface area (Å²) in [6, 6.07) is 29.2. The summed E-state index contributed by atoms with van der Waals surface area (Å²) in [5.74, 6) is -0.973. The molecule has 1 heterocycles. The zero-order valence-corrected chi connectivity index (χ0v) is 27.0. The van der Waals surface area contributed by atoms with Gasteiger partial charge in [0.15, 0.2) is 5.78 Å². The number of ether oxygens (including phenoxy) is 1. The normalized spacial score (nSPS) is 12.2. The van der Waals surface area contributed by atoms with Crippen LogP contribution in [0.3, 0.4) is 0 Å². The molecule has 2 amide bonds. The molecule has 0 fully saturated rings. The van der Waals surface area contributed by atoms with Crippen LogP contribution >= 0.6 is 0 Å². The van der Waals surface area contributed by atoms with Gasteiger partial charge in [0.25, 0.3) is 0 Å². The lowest BCUT2D eigenvalue weighted by Gasteiger charge is -2.28. The smallest absolute Gasteiger partial charge is 0.408 e. The topological polar surface area (TPSA) is 135 Å². The predicted molar refractivity (Wildman–Crippen MR) is 179 cm³/mol. The largest absolute Gasteiger partial charge is 0.456 e. The van der Waals surface area contributed by atoms with Gasteiger partial charge in [-0.1, -0.05) is 92.7 Å². The molecule has 0 bridgehead atoms. The highest BCUT2D eigenvalue weighted by Gasteiger charge is 2.29. The van der Waals surface area contributed by atoms with Crippen LogP contribution in [0, 0.1) is 5.92 Å². The molecule has 2 N–H and O–H groups in total. The van der Waals surface area contributed by atoms with Crippen LogP contribution in [0.25, 0.3) is 21.9 Å². The van der Waals surface area contributed by atoms with Crippen molar-refractivity contribution in [2.75, 3.05) is 13.1 Å². The van der Waals surface area contributed by atoms with Crippen molar-refractivity contribution in [1.82, 2.24) is 14.9 Å². The Morgan fingerprint density at radius 3 is 2.15 bits per heavy atom. The number of rotatable bonds is 14. The number of nitrogens with zero attached hydrogens (tertiary/aromatic N) is 1. The van der Waals surface area contributed by atoms with Crippen molar-refractivity contribution < 1.29 is 32.0 Å². The van der Waals surface area contributed by atoms with Crippen LogP contribution in [-0.4, -0.2) is 50.2 Å². The molecule has 0 aliphatic carbocycles. The number of carbonyl (C=O) groups is 3. The Labute approximate surface area is 273 Å². The quantitative estimate of drug-likeness (QED) is 0.154. The number of hydrogen-bond donors (Lipinski definition) is 2. The Hall–Kier alpha value is -5.00. The van der Waals surface area contributed by atoms with E-state index in [0.29, 0.717) is 23.0 Å². The summed E-state index contributed by atoms with van der Waals surface area (Å²) in [5.41, 5.74) is 2.75. The lowest BCUT2D eigenvalue weighted by Crippen LogP contribution is -2.51. The molecule has 1 atom stereocenters. The van der Waals surface area contributed by atoms with Gasteiger partial charge in [-0.05, 0) is 47.7 Å². The Morgan fingerprint density at radius 2 is 1.45 bits per heavy atom. The maximum absolute atomic E-state index is 13.9. The Morgan fingerprint density at radius 1 is 0.809 bits per heavy atom. The Kier molecular flexibility index (Phi) is 10.7. The number of ketones is 1. The minimum Gasteiger partial charge on any atom is -0.456 e. The van der Waals surface area contributed by atoms with E-state index in [1.54, 1.807) is 12.1 Å². The summed E-state index contributed by atoms with van der Waals surface area (Å²) >= 11 is 0. The van der Waals surface area contributed by atoms with E-state index in [1.807, 2.05) is 92.7 Å². The zero-order valence-electron chi connectivity index (χ0n) is 26.2. The van der Waals surface area contributed by atoms with Crippen molar-refractivity contribution in [3.8, 4) is 0 Å². The Balaban J connectivity index is 1.28. The maximum atomic E-state index is 13.9. The van der Waals surface area contributed by atoms with Crippen LogP contribution in [0.15, 0.2) is 112 Å². The van der Waals surface area contributed by atoms with Crippen LogP contribution < -0.4 is 10.0 Å². The number of hydrogen-bond acceptors (Lipinski definition) is 7. The number of carbonyl (C=O) groups excluding carboxylic acids is 3. The molecule has 1 aromatic heterocycles. The van der Waals surface area contributed by atoms with Crippen molar-refractivity contribution in [1.29, 1.82) is 0 Å². The van der Waals surface area contributed by atoms with Gasteiger partial charge in [-0.25, -0.2) is 17.9 Å².